The molecule has 0 amide bonds. The Bertz CT molecular complexity index is 635. The highest BCUT2D eigenvalue weighted by atomic mass is 35.5. The normalized spacial score (nSPS) is 12.1. The van der Waals surface area contributed by atoms with E-state index in [1.807, 2.05) is 12.1 Å². The summed E-state index contributed by atoms with van der Waals surface area (Å²) in [6.45, 7) is 4.10. The van der Waals surface area contributed by atoms with Crippen molar-refractivity contribution in [2.45, 2.75) is 19.9 Å². The van der Waals surface area contributed by atoms with Gasteiger partial charge < -0.3 is 15.2 Å². The van der Waals surface area contributed by atoms with Crippen molar-refractivity contribution in [1.29, 1.82) is 0 Å². The molecule has 4 heteroatoms. The molecule has 1 atom stereocenters. The number of hydrogen-bond acceptors (Lipinski definition) is 3. The third-order valence-corrected chi connectivity index (χ3v) is 4.02. The minimum atomic E-state index is -0.307. The van der Waals surface area contributed by atoms with E-state index in [-0.39, 0.29) is 6.04 Å². The molecule has 0 saturated carbocycles. The second-order valence-corrected chi connectivity index (χ2v) is 5.42. The minimum absolute atomic E-state index is 0.307. The van der Waals surface area contributed by atoms with Gasteiger partial charge in [-0.05, 0) is 42.2 Å². The Hall–Kier alpha value is -1.71. The second-order valence-electron chi connectivity index (χ2n) is 5.01. The van der Waals surface area contributed by atoms with Crippen LogP contribution in [-0.2, 0) is 0 Å². The quantitative estimate of drug-likeness (QED) is 0.928. The average molecular weight is 306 g/mol. The van der Waals surface area contributed by atoms with Crippen LogP contribution in [0.3, 0.4) is 0 Å². The standard InChI is InChI=1S/C17H20ClNO2/c1-10-6-5-7-11(2)16(10)17(19)12-8-14(20-3)15(21-4)9-13(12)18/h5-9,17H,19H2,1-4H3. The molecular formula is C17H20ClNO2. The van der Waals surface area contributed by atoms with Crippen molar-refractivity contribution in [1.82, 2.24) is 0 Å². The van der Waals surface area contributed by atoms with Crippen LogP contribution in [-0.4, -0.2) is 14.2 Å². The van der Waals surface area contributed by atoms with Gasteiger partial charge in [0.2, 0.25) is 0 Å². The first-order valence-corrected chi connectivity index (χ1v) is 7.10. The third kappa shape index (κ3) is 2.99. The maximum absolute atomic E-state index is 6.45. The van der Waals surface area contributed by atoms with Crippen LogP contribution in [0.1, 0.15) is 28.3 Å². The molecule has 2 aromatic rings. The average Bonchev–Trinajstić information content (AvgIpc) is 2.46. The van der Waals surface area contributed by atoms with E-state index in [2.05, 4.69) is 26.0 Å². The van der Waals surface area contributed by atoms with Gasteiger partial charge in [-0.2, -0.15) is 0 Å². The summed E-state index contributed by atoms with van der Waals surface area (Å²) in [5.41, 5.74) is 10.7. The summed E-state index contributed by atoms with van der Waals surface area (Å²) < 4.78 is 10.6. The minimum Gasteiger partial charge on any atom is -0.493 e. The topological polar surface area (TPSA) is 44.5 Å². The zero-order valence-corrected chi connectivity index (χ0v) is 13.5. The Kier molecular flexibility index (Phi) is 4.76. The van der Waals surface area contributed by atoms with E-state index in [1.54, 1.807) is 20.3 Å². The first-order chi connectivity index (χ1) is 9.99. The fourth-order valence-corrected chi connectivity index (χ4v) is 2.85. The molecule has 0 aliphatic rings. The van der Waals surface area contributed by atoms with Crippen molar-refractivity contribution in [3.8, 4) is 11.5 Å². The number of methoxy groups -OCH3 is 2. The number of aryl methyl sites for hydroxylation is 2. The monoisotopic (exact) mass is 305 g/mol. The number of benzene rings is 2. The largest absolute Gasteiger partial charge is 0.493 e. The SMILES string of the molecule is COc1cc(Cl)c(C(N)c2c(C)cccc2C)cc1OC. The first-order valence-electron chi connectivity index (χ1n) is 6.72. The lowest BCUT2D eigenvalue weighted by atomic mass is 9.92. The Morgan fingerprint density at radius 2 is 1.52 bits per heavy atom. The molecule has 0 radical (unpaired) electrons. The van der Waals surface area contributed by atoms with Crippen LogP contribution in [0.4, 0.5) is 0 Å². The van der Waals surface area contributed by atoms with Crippen molar-refractivity contribution >= 4 is 11.6 Å². The molecule has 2 rings (SSSR count). The van der Waals surface area contributed by atoms with Crippen LogP contribution in [0, 0.1) is 13.8 Å². The molecular weight excluding hydrogens is 286 g/mol. The van der Waals surface area contributed by atoms with Gasteiger partial charge in [-0.3, -0.25) is 0 Å². The summed E-state index contributed by atoms with van der Waals surface area (Å²) in [6.07, 6.45) is 0. The first kappa shape index (κ1) is 15.7. The lowest BCUT2D eigenvalue weighted by Crippen LogP contribution is -2.15. The van der Waals surface area contributed by atoms with E-state index in [1.165, 1.54) is 0 Å². The maximum atomic E-state index is 6.45. The molecule has 0 saturated heterocycles. The predicted molar refractivity (Wildman–Crippen MR) is 86.5 cm³/mol. The summed E-state index contributed by atoms with van der Waals surface area (Å²) in [5.74, 6) is 1.22. The van der Waals surface area contributed by atoms with Gasteiger partial charge in [0.05, 0.1) is 20.3 Å². The highest BCUT2D eigenvalue weighted by molar-refractivity contribution is 6.31. The van der Waals surface area contributed by atoms with Gasteiger partial charge in [0.25, 0.3) is 0 Å². The van der Waals surface area contributed by atoms with Gasteiger partial charge in [0.1, 0.15) is 0 Å². The Balaban J connectivity index is 2.56. The molecule has 0 heterocycles. The highest BCUT2D eigenvalue weighted by Crippen LogP contribution is 2.38. The smallest absolute Gasteiger partial charge is 0.162 e. The Morgan fingerprint density at radius 1 is 1.00 bits per heavy atom. The van der Waals surface area contributed by atoms with Crippen LogP contribution in [0.25, 0.3) is 0 Å². The van der Waals surface area contributed by atoms with E-state index in [9.17, 15) is 0 Å². The van der Waals surface area contributed by atoms with Crippen LogP contribution < -0.4 is 15.2 Å². The zero-order chi connectivity index (χ0) is 15.6. The molecule has 3 nitrogen and oxygen atoms in total. The molecule has 21 heavy (non-hydrogen) atoms. The number of nitrogens with two attached hydrogens (primary N) is 1. The zero-order valence-electron chi connectivity index (χ0n) is 12.7. The molecule has 0 aromatic heterocycles. The summed E-state index contributed by atoms with van der Waals surface area (Å²) in [6, 6.07) is 9.41. The molecule has 0 bridgehead atoms. The molecule has 0 spiro atoms. The van der Waals surface area contributed by atoms with Crippen LogP contribution in [0.5, 0.6) is 11.5 Å². The molecule has 0 aliphatic carbocycles. The Labute approximate surface area is 130 Å². The van der Waals surface area contributed by atoms with Crippen molar-refractivity contribution < 1.29 is 9.47 Å². The van der Waals surface area contributed by atoms with Gasteiger partial charge in [-0.15, -0.1) is 0 Å². The van der Waals surface area contributed by atoms with Gasteiger partial charge in [-0.1, -0.05) is 29.8 Å². The fraction of sp³-hybridized carbons (Fsp3) is 0.294. The van der Waals surface area contributed by atoms with Gasteiger partial charge >= 0.3 is 0 Å². The second kappa shape index (κ2) is 6.37. The van der Waals surface area contributed by atoms with Crippen LogP contribution in [0.15, 0.2) is 30.3 Å². The third-order valence-electron chi connectivity index (χ3n) is 3.69. The Morgan fingerprint density at radius 3 is 2.05 bits per heavy atom. The summed E-state index contributed by atoms with van der Waals surface area (Å²) in [7, 11) is 3.18. The summed E-state index contributed by atoms with van der Waals surface area (Å²) >= 11 is 6.37. The molecule has 2 aromatic carbocycles. The van der Waals surface area contributed by atoms with Crippen LogP contribution >= 0.6 is 11.6 Å². The van der Waals surface area contributed by atoms with Crippen LogP contribution in [0.2, 0.25) is 5.02 Å². The van der Waals surface area contributed by atoms with Gasteiger partial charge in [0.15, 0.2) is 11.5 Å². The van der Waals surface area contributed by atoms with Crippen molar-refractivity contribution in [3.05, 3.63) is 57.6 Å². The number of halogens is 1. The highest BCUT2D eigenvalue weighted by Gasteiger charge is 2.19. The summed E-state index contributed by atoms with van der Waals surface area (Å²) in [4.78, 5) is 0. The molecule has 0 aliphatic heterocycles. The van der Waals surface area contributed by atoms with E-state index >= 15 is 0 Å². The van der Waals surface area contributed by atoms with E-state index < -0.39 is 0 Å². The molecule has 2 N–H and O–H groups in total. The predicted octanol–water partition coefficient (Wildman–Crippen LogP) is 4.02. The molecule has 112 valence electrons. The summed E-state index contributed by atoms with van der Waals surface area (Å²) in [5, 5.41) is 0.572. The lowest BCUT2D eigenvalue weighted by molar-refractivity contribution is 0.354. The lowest BCUT2D eigenvalue weighted by Gasteiger charge is -2.20. The molecule has 0 fully saturated rings. The number of hydrogen-bond donors (Lipinski definition) is 1. The van der Waals surface area contributed by atoms with E-state index in [0.29, 0.717) is 16.5 Å². The van der Waals surface area contributed by atoms with Crippen molar-refractivity contribution in [2.75, 3.05) is 14.2 Å². The maximum Gasteiger partial charge on any atom is 0.162 e. The molecule has 1 unspecified atom stereocenters. The van der Waals surface area contributed by atoms with E-state index in [0.717, 1.165) is 22.3 Å². The van der Waals surface area contributed by atoms with Crippen molar-refractivity contribution in [3.63, 3.8) is 0 Å². The number of ether oxygens (including phenoxy) is 2. The van der Waals surface area contributed by atoms with E-state index in [4.69, 9.17) is 26.8 Å². The van der Waals surface area contributed by atoms with Gasteiger partial charge in [0, 0.05) is 11.1 Å². The number of rotatable bonds is 4. The fourth-order valence-electron chi connectivity index (χ4n) is 2.58. The van der Waals surface area contributed by atoms with Gasteiger partial charge in [-0.25, -0.2) is 0 Å². The van der Waals surface area contributed by atoms with Crippen molar-refractivity contribution in [2.24, 2.45) is 5.73 Å².